The number of carboxylic acids is 1. The van der Waals surface area contributed by atoms with Crippen molar-refractivity contribution in [1.29, 1.82) is 0 Å². The van der Waals surface area contributed by atoms with Gasteiger partial charge in [0.2, 0.25) is 0 Å². The maximum atomic E-state index is 11.2. The second kappa shape index (κ2) is 6.15. The van der Waals surface area contributed by atoms with Gasteiger partial charge < -0.3 is 15.6 Å². The van der Waals surface area contributed by atoms with E-state index >= 15 is 0 Å². The Kier molecular flexibility index (Phi) is 4.83. The molecule has 0 amide bonds. The predicted octanol–water partition coefficient (Wildman–Crippen LogP) is 1.68. The summed E-state index contributed by atoms with van der Waals surface area (Å²) in [6.07, 6.45) is 3.68. The van der Waals surface area contributed by atoms with E-state index in [-0.39, 0.29) is 6.42 Å². The third kappa shape index (κ3) is 4.22. The van der Waals surface area contributed by atoms with E-state index in [0.717, 1.165) is 5.56 Å². The first-order valence-corrected chi connectivity index (χ1v) is 5.74. The number of rotatable bonds is 5. The molecule has 19 heavy (non-hydrogen) atoms. The molecule has 0 bridgehead atoms. The van der Waals surface area contributed by atoms with Crippen LogP contribution in [0.2, 0.25) is 0 Å². The molecular weight excluding hydrogens is 246 g/mol. The van der Waals surface area contributed by atoms with Gasteiger partial charge in [-0.15, -0.1) is 0 Å². The molecule has 5 nitrogen and oxygen atoms in total. The maximum absolute atomic E-state index is 11.2. The number of benzene rings is 1. The van der Waals surface area contributed by atoms with Gasteiger partial charge in [-0.2, -0.15) is 0 Å². The molecule has 0 fully saturated rings. The van der Waals surface area contributed by atoms with Gasteiger partial charge in [0.1, 0.15) is 5.54 Å². The van der Waals surface area contributed by atoms with Gasteiger partial charge in [-0.25, -0.2) is 4.79 Å². The molecule has 1 aromatic rings. The lowest BCUT2D eigenvalue weighted by Gasteiger charge is -2.16. The van der Waals surface area contributed by atoms with Crippen LogP contribution in [0.25, 0.3) is 6.08 Å². The highest BCUT2D eigenvalue weighted by Crippen LogP contribution is 2.11. The van der Waals surface area contributed by atoms with Gasteiger partial charge in [-0.3, -0.25) is 4.79 Å². The van der Waals surface area contributed by atoms with E-state index in [1.807, 2.05) is 0 Å². The van der Waals surface area contributed by atoms with Crippen molar-refractivity contribution in [2.24, 2.45) is 5.73 Å². The maximum Gasteiger partial charge on any atom is 0.337 e. The minimum absolute atomic E-state index is 0.223. The molecule has 5 heteroatoms. The van der Waals surface area contributed by atoms with Crippen LogP contribution >= 0.6 is 0 Å². The molecule has 1 rings (SSSR count). The van der Waals surface area contributed by atoms with Gasteiger partial charge >= 0.3 is 11.9 Å². The van der Waals surface area contributed by atoms with Crippen molar-refractivity contribution in [2.75, 3.05) is 7.11 Å². The Hall–Kier alpha value is -2.14. The smallest absolute Gasteiger partial charge is 0.337 e. The molecule has 0 spiro atoms. The summed E-state index contributed by atoms with van der Waals surface area (Å²) >= 11 is 0. The predicted molar refractivity (Wildman–Crippen MR) is 71.7 cm³/mol. The van der Waals surface area contributed by atoms with Crippen LogP contribution in [-0.2, 0) is 9.53 Å². The molecule has 0 radical (unpaired) electrons. The van der Waals surface area contributed by atoms with Crippen LogP contribution in [0.1, 0.15) is 29.3 Å². The number of ether oxygens (including phenoxy) is 1. The zero-order valence-electron chi connectivity index (χ0n) is 10.9. The number of esters is 1. The third-order valence-corrected chi connectivity index (χ3v) is 2.67. The molecule has 0 saturated heterocycles. The summed E-state index contributed by atoms with van der Waals surface area (Å²) in [5, 5.41) is 8.85. The van der Waals surface area contributed by atoms with Crippen molar-refractivity contribution in [2.45, 2.75) is 18.9 Å². The van der Waals surface area contributed by atoms with Gasteiger partial charge in [-0.1, -0.05) is 24.3 Å². The average Bonchev–Trinajstić information content (AvgIpc) is 2.38. The Balaban J connectivity index is 2.68. The largest absolute Gasteiger partial charge is 0.480 e. The molecule has 3 N–H and O–H groups in total. The number of carbonyl (C=O) groups excluding carboxylic acids is 1. The normalized spacial score (nSPS) is 14.1. The molecule has 0 aromatic heterocycles. The van der Waals surface area contributed by atoms with Crippen LogP contribution < -0.4 is 5.73 Å². The summed E-state index contributed by atoms with van der Waals surface area (Å²) in [5.41, 5.74) is 5.64. The van der Waals surface area contributed by atoms with Crippen LogP contribution in [0.4, 0.5) is 0 Å². The molecule has 0 aliphatic carbocycles. The van der Waals surface area contributed by atoms with Crippen molar-refractivity contribution < 1.29 is 19.4 Å². The number of methoxy groups -OCH3 is 1. The number of carboxylic acid groups (broad SMARTS) is 1. The van der Waals surface area contributed by atoms with E-state index in [4.69, 9.17) is 10.8 Å². The highest BCUT2D eigenvalue weighted by Gasteiger charge is 2.25. The van der Waals surface area contributed by atoms with Crippen molar-refractivity contribution in [3.63, 3.8) is 0 Å². The molecular formula is C14H17NO4. The Morgan fingerprint density at radius 3 is 2.42 bits per heavy atom. The fourth-order valence-electron chi connectivity index (χ4n) is 1.38. The highest BCUT2D eigenvalue weighted by molar-refractivity contribution is 5.89. The summed E-state index contributed by atoms with van der Waals surface area (Å²) < 4.78 is 4.59. The van der Waals surface area contributed by atoms with Gasteiger partial charge in [-0.05, 0) is 31.0 Å². The fraction of sp³-hybridized carbons (Fsp3) is 0.286. The van der Waals surface area contributed by atoms with Crippen LogP contribution in [0, 0.1) is 0 Å². The van der Waals surface area contributed by atoms with E-state index in [2.05, 4.69) is 4.74 Å². The standard InChI is InChI=1S/C14H17NO4/c1-14(15,13(17)18)9-3-4-10-5-7-11(8-6-10)12(16)19-2/h3-8H,9,15H2,1-2H3,(H,17,18)/b4-3+/t14-/m0/s1. The summed E-state index contributed by atoms with van der Waals surface area (Å²) in [7, 11) is 1.32. The number of hydrogen-bond acceptors (Lipinski definition) is 4. The van der Waals surface area contributed by atoms with Gasteiger partial charge in [0.05, 0.1) is 12.7 Å². The summed E-state index contributed by atoms with van der Waals surface area (Å²) in [6.45, 7) is 1.46. The van der Waals surface area contributed by atoms with Crippen LogP contribution in [0.3, 0.4) is 0 Å². The van der Waals surface area contributed by atoms with Crippen molar-refractivity contribution in [1.82, 2.24) is 0 Å². The Morgan fingerprint density at radius 1 is 1.37 bits per heavy atom. The number of aliphatic carboxylic acids is 1. The van der Waals surface area contributed by atoms with Crippen LogP contribution in [0.5, 0.6) is 0 Å². The quantitative estimate of drug-likeness (QED) is 0.789. The Bertz CT molecular complexity index is 489. The summed E-state index contributed by atoms with van der Waals surface area (Å²) in [6, 6.07) is 6.78. The Morgan fingerprint density at radius 2 is 1.95 bits per heavy atom. The SMILES string of the molecule is COC(=O)c1ccc(/C=C/C[C@](C)(N)C(=O)O)cc1. The van der Waals surface area contributed by atoms with E-state index in [1.54, 1.807) is 36.4 Å². The van der Waals surface area contributed by atoms with E-state index in [1.165, 1.54) is 14.0 Å². The molecule has 0 heterocycles. The average molecular weight is 263 g/mol. The topological polar surface area (TPSA) is 89.6 Å². The first-order chi connectivity index (χ1) is 8.86. The number of nitrogens with two attached hydrogens (primary N) is 1. The van der Waals surface area contributed by atoms with Crippen molar-refractivity contribution >= 4 is 18.0 Å². The van der Waals surface area contributed by atoms with Gasteiger partial charge in [0.25, 0.3) is 0 Å². The Labute approximate surface area is 111 Å². The van der Waals surface area contributed by atoms with Gasteiger partial charge in [0, 0.05) is 0 Å². The summed E-state index contributed by atoms with van der Waals surface area (Å²) in [4.78, 5) is 22.0. The number of hydrogen-bond donors (Lipinski definition) is 2. The highest BCUT2D eigenvalue weighted by atomic mass is 16.5. The molecule has 0 aliphatic rings. The first kappa shape index (κ1) is 14.9. The molecule has 0 unspecified atom stereocenters. The summed E-state index contributed by atoms with van der Waals surface area (Å²) in [5.74, 6) is -1.44. The lowest BCUT2D eigenvalue weighted by atomic mass is 9.99. The van der Waals surface area contributed by atoms with Crippen molar-refractivity contribution in [3.05, 3.63) is 41.5 Å². The van der Waals surface area contributed by atoms with Crippen LogP contribution in [-0.4, -0.2) is 29.7 Å². The lowest BCUT2D eigenvalue weighted by molar-refractivity contribution is -0.142. The van der Waals surface area contributed by atoms with Crippen LogP contribution in [0.15, 0.2) is 30.3 Å². The molecule has 102 valence electrons. The minimum atomic E-state index is -1.28. The number of carbonyl (C=O) groups is 2. The van der Waals surface area contributed by atoms with Crippen molar-refractivity contribution in [3.8, 4) is 0 Å². The second-order valence-corrected chi connectivity index (χ2v) is 4.44. The first-order valence-electron chi connectivity index (χ1n) is 5.74. The second-order valence-electron chi connectivity index (χ2n) is 4.44. The molecule has 1 aromatic carbocycles. The molecule has 0 saturated carbocycles. The monoisotopic (exact) mass is 263 g/mol. The lowest BCUT2D eigenvalue weighted by Crippen LogP contribution is -2.44. The van der Waals surface area contributed by atoms with E-state index in [9.17, 15) is 9.59 Å². The fourth-order valence-corrected chi connectivity index (χ4v) is 1.38. The minimum Gasteiger partial charge on any atom is -0.480 e. The van der Waals surface area contributed by atoms with Gasteiger partial charge in [0.15, 0.2) is 0 Å². The molecule has 0 aliphatic heterocycles. The van der Waals surface area contributed by atoms with E-state index < -0.39 is 17.5 Å². The zero-order chi connectivity index (χ0) is 14.5. The zero-order valence-corrected chi connectivity index (χ0v) is 10.9. The molecule has 1 atom stereocenters. The van der Waals surface area contributed by atoms with E-state index in [0.29, 0.717) is 5.56 Å². The third-order valence-electron chi connectivity index (χ3n) is 2.67.